The molecule has 0 aliphatic heterocycles. The van der Waals surface area contributed by atoms with Crippen molar-refractivity contribution in [2.45, 2.75) is 18.6 Å². The number of halogens is 3. The molecule has 0 fully saturated rings. The van der Waals surface area contributed by atoms with Crippen LogP contribution in [0.15, 0.2) is 24.3 Å². The number of hydrogen-bond acceptors (Lipinski definition) is 2. The molecule has 0 aliphatic carbocycles. The van der Waals surface area contributed by atoms with E-state index in [9.17, 15) is 13.2 Å². The van der Waals surface area contributed by atoms with Gasteiger partial charge in [-0.3, -0.25) is 0 Å². The van der Waals surface area contributed by atoms with E-state index >= 15 is 0 Å². The zero-order valence-corrected chi connectivity index (χ0v) is 9.46. The molecule has 1 aromatic heterocycles. The van der Waals surface area contributed by atoms with E-state index in [-0.39, 0.29) is 18.6 Å². The Labute approximate surface area is 101 Å². The molecule has 3 nitrogen and oxygen atoms in total. The molecule has 4 N–H and O–H groups in total. The molecule has 0 radical (unpaired) electrons. The highest BCUT2D eigenvalue weighted by atomic mass is 19.4. The number of rotatable bonds is 3. The van der Waals surface area contributed by atoms with E-state index in [1.54, 1.807) is 24.3 Å². The molecule has 1 unspecified atom stereocenters. The quantitative estimate of drug-likeness (QED) is 0.792. The molecule has 0 aliphatic rings. The van der Waals surface area contributed by atoms with Crippen LogP contribution in [0.3, 0.4) is 0 Å². The average Bonchev–Trinajstić information content (AvgIpc) is 2.68. The van der Waals surface area contributed by atoms with Gasteiger partial charge in [-0.1, -0.05) is 18.2 Å². The number of H-pyrrole nitrogens is 1. The largest absolute Gasteiger partial charge is 0.431 e. The van der Waals surface area contributed by atoms with Gasteiger partial charge < -0.3 is 15.8 Å². The van der Waals surface area contributed by atoms with Crippen molar-refractivity contribution in [3.8, 4) is 0 Å². The third-order valence-electron chi connectivity index (χ3n) is 2.84. The normalized spacial score (nSPS) is 14.1. The maximum atomic E-state index is 12.9. The number of fused-ring (bicyclic) bond motifs is 1. The lowest BCUT2D eigenvalue weighted by atomic mass is 10.0. The van der Waals surface area contributed by atoms with Gasteiger partial charge in [0, 0.05) is 29.1 Å². The molecule has 18 heavy (non-hydrogen) atoms. The maximum absolute atomic E-state index is 12.9. The topological polar surface area (TPSA) is 62.0 Å². The number of nitrogens with two attached hydrogens (primary N) is 1. The summed E-state index contributed by atoms with van der Waals surface area (Å²) in [7, 11) is 0. The summed E-state index contributed by atoms with van der Waals surface area (Å²) in [5, 5.41) is 9.28. The number of alkyl halides is 3. The van der Waals surface area contributed by atoms with Crippen molar-refractivity contribution in [1.29, 1.82) is 0 Å². The fourth-order valence-corrected chi connectivity index (χ4v) is 2.06. The molecule has 6 heteroatoms. The van der Waals surface area contributed by atoms with Crippen LogP contribution in [-0.2, 0) is 6.18 Å². The molecule has 1 atom stereocenters. The van der Waals surface area contributed by atoms with E-state index in [0.717, 1.165) is 0 Å². The lowest BCUT2D eigenvalue weighted by Gasteiger charge is -2.14. The van der Waals surface area contributed by atoms with E-state index in [4.69, 9.17) is 10.8 Å². The monoisotopic (exact) mass is 258 g/mol. The van der Waals surface area contributed by atoms with E-state index in [2.05, 4.69) is 4.98 Å². The number of aliphatic hydroxyl groups is 1. The number of aliphatic hydroxyl groups excluding tert-OH is 1. The molecule has 1 heterocycles. The molecule has 98 valence electrons. The molecular formula is C12H13F3N2O. The minimum absolute atomic E-state index is 0.0205. The Balaban J connectivity index is 2.65. The van der Waals surface area contributed by atoms with Crippen molar-refractivity contribution in [2.24, 2.45) is 5.73 Å². The molecule has 1 aromatic carbocycles. The Morgan fingerprint density at radius 1 is 1.28 bits per heavy atom. The summed E-state index contributed by atoms with van der Waals surface area (Å²) in [6, 6.07) is 5.63. The smallest absolute Gasteiger partial charge is 0.396 e. The molecule has 0 saturated heterocycles. The van der Waals surface area contributed by atoms with Crippen LogP contribution in [0.2, 0.25) is 0 Å². The first-order chi connectivity index (χ1) is 8.45. The third-order valence-corrected chi connectivity index (χ3v) is 2.84. The van der Waals surface area contributed by atoms with Crippen LogP contribution in [0.25, 0.3) is 10.9 Å². The lowest BCUT2D eigenvalue weighted by Crippen LogP contribution is -2.17. The fraction of sp³-hybridized carbons (Fsp3) is 0.333. The second-order valence-electron chi connectivity index (χ2n) is 4.08. The number of aromatic nitrogens is 1. The van der Waals surface area contributed by atoms with Gasteiger partial charge in [0.05, 0.1) is 0 Å². The summed E-state index contributed by atoms with van der Waals surface area (Å²) in [5.74, 6) is 0. The maximum Gasteiger partial charge on any atom is 0.431 e. The predicted octanol–water partition coefficient (Wildman–Crippen LogP) is 2.57. The predicted molar refractivity (Wildman–Crippen MR) is 61.9 cm³/mol. The van der Waals surface area contributed by atoms with Gasteiger partial charge >= 0.3 is 6.18 Å². The number of nitrogens with one attached hydrogen (secondary N) is 1. The number of hydrogen-bond donors (Lipinski definition) is 3. The Morgan fingerprint density at radius 3 is 2.56 bits per heavy atom. The molecule has 0 bridgehead atoms. The minimum atomic E-state index is -4.48. The standard InChI is InChI=1S/C12H13F3N2O/c13-12(14,15)11-10(8(16)5-6-18)7-3-1-2-4-9(7)17-11/h1-4,8,17-18H,5-6,16H2. The second kappa shape index (κ2) is 4.62. The van der Waals surface area contributed by atoms with E-state index in [1.165, 1.54) is 0 Å². The van der Waals surface area contributed by atoms with E-state index < -0.39 is 17.9 Å². The van der Waals surface area contributed by atoms with Crippen molar-refractivity contribution in [1.82, 2.24) is 4.98 Å². The minimum Gasteiger partial charge on any atom is -0.396 e. The zero-order chi connectivity index (χ0) is 13.3. The highest BCUT2D eigenvalue weighted by Gasteiger charge is 2.37. The first-order valence-corrected chi connectivity index (χ1v) is 5.49. The highest BCUT2D eigenvalue weighted by Crippen LogP contribution is 2.38. The molecule has 2 rings (SSSR count). The summed E-state index contributed by atoms with van der Waals surface area (Å²) >= 11 is 0. The Bertz CT molecular complexity index is 548. The van der Waals surface area contributed by atoms with Crippen molar-refractivity contribution in [2.75, 3.05) is 6.61 Å². The van der Waals surface area contributed by atoms with E-state index in [1.807, 2.05) is 0 Å². The van der Waals surface area contributed by atoms with Crippen LogP contribution >= 0.6 is 0 Å². The van der Waals surface area contributed by atoms with Crippen molar-refractivity contribution < 1.29 is 18.3 Å². The van der Waals surface area contributed by atoms with Crippen molar-refractivity contribution >= 4 is 10.9 Å². The van der Waals surface area contributed by atoms with E-state index in [0.29, 0.717) is 10.9 Å². The van der Waals surface area contributed by atoms with Gasteiger partial charge in [0.1, 0.15) is 5.69 Å². The molecule has 0 spiro atoms. The first-order valence-electron chi connectivity index (χ1n) is 5.49. The molecule has 0 saturated carbocycles. The van der Waals surface area contributed by atoms with Gasteiger partial charge in [0.25, 0.3) is 0 Å². The van der Waals surface area contributed by atoms with Crippen LogP contribution < -0.4 is 5.73 Å². The van der Waals surface area contributed by atoms with Gasteiger partial charge in [-0.05, 0) is 12.5 Å². The average molecular weight is 258 g/mol. The number of para-hydroxylation sites is 1. The highest BCUT2D eigenvalue weighted by molar-refractivity contribution is 5.85. The van der Waals surface area contributed by atoms with Crippen LogP contribution in [0.1, 0.15) is 23.7 Å². The molecule has 2 aromatic rings. The third kappa shape index (κ3) is 2.21. The van der Waals surface area contributed by atoms with Crippen molar-refractivity contribution in [3.05, 3.63) is 35.5 Å². The zero-order valence-electron chi connectivity index (χ0n) is 9.46. The van der Waals surface area contributed by atoms with Gasteiger partial charge in [-0.25, -0.2) is 0 Å². The second-order valence-corrected chi connectivity index (χ2v) is 4.08. The first kappa shape index (κ1) is 12.9. The van der Waals surface area contributed by atoms with Crippen molar-refractivity contribution in [3.63, 3.8) is 0 Å². The van der Waals surface area contributed by atoms with Gasteiger partial charge in [0.2, 0.25) is 0 Å². The molecular weight excluding hydrogens is 245 g/mol. The summed E-state index contributed by atoms with van der Waals surface area (Å²) in [6.07, 6.45) is -4.40. The van der Waals surface area contributed by atoms with Gasteiger partial charge in [-0.2, -0.15) is 13.2 Å². The SMILES string of the molecule is NC(CCO)c1c(C(F)(F)F)[nH]c2ccccc12. The Morgan fingerprint density at radius 2 is 1.94 bits per heavy atom. The van der Waals surface area contributed by atoms with Gasteiger partial charge in [0.15, 0.2) is 0 Å². The number of benzene rings is 1. The Hall–Kier alpha value is -1.53. The summed E-state index contributed by atoms with van der Waals surface area (Å²) in [4.78, 5) is 2.36. The lowest BCUT2D eigenvalue weighted by molar-refractivity contribution is -0.141. The summed E-state index contributed by atoms with van der Waals surface area (Å²) < 4.78 is 38.8. The fourth-order valence-electron chi connectivity index (χ4n) is 2.06. The summed E-state index contributed by atoms with van der Waals surface area (Å²) in [6.45, 7) is -0.252. The number of aromatic amines is 1. The Kier molecular flexibility index (Phi) is 3.32. The van der Waals surface area contributed by atoms with Crippen LogP contribution in [-0.4, -0.2) is 16.7 Å². The van der Waals surface area contributed by atoms with Gasteiger partial charge in [-0.15, -0.1) is 0 Å². The summed E-state index contributed by atoms with van der Waals surface area (Å²) in [5.41, 5.74) is 5.32. The van der Waals surface area contributed by atoms with Crippen LogP contribution in [0.4, 0.5) is 13.2 Å². The van der Waals surface area contributed by atoms with Crippen LogP contribution in [0.5, 0.6) is 0 Å². The molecule has 0 amide bonds. The van der Waals surface area contributed by atoms with Crippen LogP contribution in [0, 0.1) is 0 Å².